The Balaban J connectivity index is 2.53. The molecule has 0 fully saturated rings. The van der Waals surface area contributed by atoms with Crippen LogP contribution in [0, 0.1) is 0 Å². The summed E-state index contributed by atoms with van der Waals surface area (Å²) < 4.78 is 2.50. The van der Waals surface area contributed by atoms with Gasteiger partial charge in [0.25, 0.3) is 0 Å². The van der Waals surface area contributed by atoms with Crippen molar-refractivity contribution in [3.8, 4) is 0 Å². The molecule has 2 rings (SSSR count). The third-order valence-corrected chi connectivity index (χ3v) is 3.99. The minimum atomic E-state index is -0.834. The van der Waals surface area contributed by atoms with E-state index in [1.807, 2.05) is 19.1 Å². The Kier molecular flexibility index (Phi) is 6.06. The summed E-state index contributed by atoms with van der Waals surface area (Å²) in [4.78, 5) is 49.8. The van der Waals surface area contributed by atoms with Crippen LogP contribution in [0.4, 0.5) is 0 Å². The molecule has 0 spiro atoms. The zero-order valence-electron chi connectivity index (χ0n) is 14.7. The van der Waals surface area contributed by atoms with Gasteiger partial charge in [0.15, 0.2) is 5.78 Å². The number of benzene rings is 1. The van der Waals surface area contributed by atoms with E-state index in [4.69, 9.17) is 0 Å². The number of hydrogen-bond donors (Lipinski definition) is 0. The van der Waals surface area contributed by atoms with Crippen molar-refractivity contribution in [3.63, 3.8) is 0 Å². The predicted molar refractivity (Wildman–Crippen MR) is 99.8 cm³/mol. The summed E-state index contributed by atoms with van der Waals surface area (Å²) in [6.45, 7) is 8.45. The molecule has 0 unspecified atom stereocenters. The van der Waals surface area contributed by atoms with Crippen LogP contribution in [-0.2, 0) is 26.1 Å². The molecule has 136 valence electrons. The van der Waals surface area contributed by atoms with Crippen molar-refractivity contribution >= 4 is 5.78 Å². The summed E-state index contributed by atoms with van der Waals surface area (Å²) in [6.07, 6.45) is 3.59. The maximum absolute atomic E-state index is 12.5. The molecule has 0 N–H and O–H groups in total. The van der Waals surface area contributed by atoms with Crippen LogP contribution in [0.25, 0.3) is 0 Å². The zero-order valence-corrected chi connectivity index (χ0v) is 14.7. The van der Waals surface area contributed by atoms with Gasteiger partial charge in [0.1, 0.15) is 0 Å². The summed E-state index contributed by atoms with van der Waals surface area (Å²) in [7, 11) is 0. The minimum Gasteiger partial charge on any atom is -0.292 e. The fourth-order valence-electron chi connectivity index (χ4n) is 2.55. The molecule has 0 aliphatic heterocycles. The lowest BCUT2D eigenvalue weighted by atomic mass is 10.1. The van der Waals surface area contributed by atoms with E-state index in [0.29, 0.717) is 5.56 Å². The van der Waals surface area contributed by atoms with Crippen LogP contribution in [0.3, 0.4) is 0 Å². The highest BCUT2D eigenvalue weighted by atomic mass is 16.2. The lowest BCUT2D eigenvalue weighted by molar-refractivity contribution is 0.0966. The van der Waals surface area contributed by atoms with Gasteiger partial charge in [-0.25, -0.2) is 28.1 Å². The van der Waals surface area contributed by atoms with Crippen LogP contribution in [0.1, 0.15) is 22.8 Å². The molecule has 7 heteroatoms. The van der Waals surface area contributed by atoms with E-state index in [0.717, 1.165) is 25.7 Å². The van der Waals surface area contributed by atoms with Gasteiger partial charge in [-0.1, -0.05) is 43.3 Å². The smallest absolute Gasteiger partial charge is 0.292 e. The normalized spacial score (nSPS) is 10.5. The van der Waals surface area contributed by atoms with Crippen LogP contribution >= 0.6 is 0 Å². The van der Waals surface area contributed by atoms with Gasteiger partial charge in [0, 0.05) is 5.56 Å². The number of ketones is 1. The maximum atomic E-state index is 12.5. The summed E-state index contributed by atoms with van der Waals surface area (Å²) in [5.74, 6) is -0.388. The van der Waals surface area contributed by atoms with E-state index < -0.39 is 23.6 Å². The first-order chi connectivity index (χ1) is 12.4. The van der Waals surface area contributed by atoms with Crippen molar-refractivity contribution in [3.05, 3.63) is 92.2 Å². The van der Waals surface area contributed by atoms with Gasteiger partial charge < -0.3 is 0 Å². The third kappa shape index (κ3) is 3.72. The average molecular weight is 355 g/mol. The standard InChI is InChI=1S/C19H21N3O4/c1-4-11-20-17(24)21(12-5-2)19(26)22(18(20)25)13-16(23)15-9-7-14(6-3)8-10-15/h4-5,7-10H,1-2,6,11-13H2,3H3. The van der Waals surface area contributed by atoms with Crippen molar-refractivity contribution in [2.45, 2.75) is 33.0 Å². The number of nitrogens with zero attached hydrogens (tertiary/aromatic N) is 3. The Morgan fingerprint density at radius 3 is 1.77 bits per heavy atom. The number of carbonyl (C=O) groups excluding carboxylic acids is 1. The minimum absolute atomic E-state index is 0.0610. The molecule has 1 aromatic carbocycles. The van der Waals surface area contributed by atoms with E-state index in [-0.39, 0.29) is 18.9 Å². The van der Waals surface area contributed by atoms with Gasteiger partial charge in [0.05, 0.1) is 19.6 Å². The predicted octanol–water partition coefficient (Wildman–Crippen LogP) is 0.989. The summed E-state index contributed by atoms with van der Waals surface area (Å²) in [5.41, 5.74) is -0.954. The van der Waals surface area contributed by atoms with E-state index in [1.165, 1.54) is 12.2 Å². The Bertz CT molecular complexity index is 959. The van der Waals surface area contributed by atoms with Crippen LogP contribution in [-0.4, -0.2) is 19.5 Å². The molecular weight excluding hydrogens is 334 g/mol. The van der Waals surface area contributed by atoms with Gasteiger partial charge in [-0.15, -0.1) is 13.2 Å². The Labute approximate surface area is 150 Å². The number of carbonyl (C=O) groups is 1. The third-order valence-electron chi connectivity index (χ3n) is 3.99. The number of hydrogen-bond acceptors (Lipinski definition) is 4. The number of Topliss-reactive ketones (excluding diaryl/α,β-unsaturated/α-hetero) is 1. The zero-order chi connectivity index (χ0) is 19.3. The highest BCUT2D eigenvalue weighted by molar-refractivity contribution is 5.95. The highest BCUT2D eigenvalue weighted by Gasteiger charge is 2.17. The summed E-state index contributed by atoms with van der Waals surface area (Å²) in [6, 6.07) is 6.97. The molecule has 0 saturated carbocycles. The first-order valence-corrected chi connectivity index (χ1v) is 8.23. The largest absolute Gasteiger partial charge is 0.337 e. The van der Waals surface area contributed by atoms with Crippen LogP contribution < -0.4 is 17.1 Å². The lowest BCUT2D eigenvalue weighted by Gasteiger charge is -2.11. The first kappa shape index (κ1) is 19.1. The molecule has 0 radical (unpaired) electrons. The van der Waals surface area contributed by atoms with E-state index in [1.54, 1.807) is 12.1 Å². The number of allylic oxidation sites excluding steroid dienone is 2. The Hall–Kier alpha value is -3.22. The molecule has 0 aliphatic carbocycles. The molecule has 7 nitrogen and oxygen atoms in total. The average Bonchev–Trinajstić information content (AvgIpc) is 2.65. The van der Waals surface area contributed by atoms with Crippen molar-refractivity contribution in [2.24, 2.45) is 0 Å². The van der Waals surface area contributed by atoms with Crippen molar-refractivity contribution in [2.75, 3.05) is 0 Å². The number of aryl methyl sites for hydroxylation is 1. The van der Waals surface area contributed by atoms with Gasteiger partial charge in [-0.05, 0) is 12.0 Å². The molecule has 1 aromatic heterocycles. The lowest BCUT2D eigenvalue weighted by Crippen LogP contribution is -2.55. The van der Waals surface area contributed by atoms with Gasteiger partial charge >= 0.3 is 17.1 Å². The topological polar surface area (TPSA) is 83.1 Å². The van der Waals surface area contributed by atoms with Crippen LogP contribution in [0.2, 0.25) is 0 Å². The molecule has 2 aromatic rings. The first-order valence-electron chi connectivity index (χ1n) is 8.23. The molecular formula is C19H21N3O4. The van der Waals surface area contributed by atoms with Crippen molar-refractivity contribution < 1.29 is 4.79 Å². The molecule has 0 bridgehead atoms. The van der Waals surface area contributed by atoms with Gasteiger partial charge in [0.2, 0.25) is 0 Å². The second-order valence-electron chi connectivity index (χ2n) is 5.71. The van der Waals surface area contributed by atoms with Crippen LogP contribution in [0.5, 0.6) is 0 Å². The maximum Gasteiger partial charge on any atom is 0.337 e. The molecule has 0 amide bonds. The van der Waals surface area contributed by atoms with E-state index in [2.05, 4.69) is 13.2 Å². The van der Waals surface area contributed by atoms with E-state index >= 15 is 0 Å². The monoisotopic (exact) mass is 355 g/mol. The quantitative estimate of drug-likeness (QED) is 0.522. The van der Waals surface area contributed by atoms with E-state index in [9.17, 15) is 19.2 Å². The SMILES string of the molecule is C=CCn1c(=O)n(CC=C)c(=O)n(CC(=O)c2ccc(CC)cc2)c1=O. The van der Waals surface area contributed by atoms with Crippen molar-refractivity contribution in [1.82, 2.24) is 13.7 Å². The molecule has 0 aliphatic rings. The second-order valence-corrected chi connectivity index (χ2v) is 5.71. The van der Waals surface area contributed by atoms with Crippen molar-refractivity contribution in [1.29, 1.82) is 0 Å². The van der Waals surface area contributed by atoms with Gasteiger partial charge in [-0.3, -0.25) is 4.79 Å². The second kappa shape index (κ2) is 8.24. The number of rotatable bonds is 8. The fraction of sp³-hybridized carbons (Fsp3) is 0.263. The molecule has 0 saturated heterocycles. The summed E-state index contributed by atoms with van der Waals surface area (Å²) >= 11 is 0. The Morgan fingerprint density at radius 1 is 0.885 bits per heavy atom. The molecule has 0 atom stereocenters. The highest BCUT2D eigenvalue weighted by Crippen LogP contribution is 2.06. The summed E-state index contributed by atoms with van der Waals surface area (Å²) in [5, 5.41) is 0. The molecule has 26 heavy (non-hydrogen) atoms. The number of aromatic nitrogens is 3. The Morgan fingerprint density at radius 2 is 1.35 bits per heavy atom. The molecule has 1 heterocycles. The van der Waals surface area contributed by atoms with Gasteiger partial charge in [-0.2, -0.15) is 0 Å². The van der Waals surface area contributed by atoms with Crippen LogP contribution in [0.15, 0.2) is 64.0 Å². The fourth-order valence-corrected chi connectivity index (χ4v) is 2.55.